The normalized spacial score (nSPS) is 14.6. The number of amides is 1. The van der Waals surface area contributed by atoms with Crippen molar-refractivity contribution >= 4 is 29.3 Å². The Hall–Kier alpha value is -3.46. The molecule has 1 aliphatic rings. The summed E-state index contributed by atoms with van der Waals surface area (Å²) in [5.41, 5.74) is 2.84. The Bertz CT molecular complexity index is 1260. The van der Waals surface area contributed by atoms with Gasteiger partial charge in [0, 0.05) is 5.70 Å². The van der Waals surface area contributed by atoms with E-state index in [4.69, 9.17) is 14.6 Å². The number of rotatable bonds is 13. The molecule has 0 radical (unpaired) electrons. The standard InChI is InChI=1S/C29H37N5O3S/c1-5-8-9-12-19-37-22-17-15-21(16-18-22)26-25(20(4)30-28-32-29(38-7-3)33-34(26)28)27(35)31-23-13-10-11-14-24(23)36-6-2/h10-11,13-18,26H,5-9,12,19H2,1-4H3,(H,31,35)(H,30,32,33). The van der Waals surface area contributed by atoms with Crippen molar-refractivity contribution in [3.05, 3.63) is 65.4 Å². The summed E-state index contributed by atoms with van der Waals surface area (Å²) in [4.78, 5) is 18.5. The lowest BCUT2D eigenvalue weighted by atomic mass is 9.95. The Labute approximate surface area is 229 Å². The van der Waals surface area contributed by atoms with Crippen LogP contribution in [0.4, 0.5) is 11.6 Å². The second-order valence-electron chi connectivity index (χ2n) is 9.02. The highest BCUT2D eigenvalue weighted by atomic mass is 32.2. The van der Waals surface area contributed by atoms with E-state index in [9.17, 15) is 4.79 Å². The summed E-state index contributed by atoms with van der Waals surface area (Å²) in [6.07, 6.45) is 4.64. The van der Waals surface area contributed by atoms with Crippen LogP contribution in [0.5, 0.6) is 11.5 Å². The lowest BCUT2D eigenvalue weighted by Gasteiger charge is -2.29. The highest BCUT2D eigenvalue weighted by molar-refractivity contribution is 7.99. The van der Waals surface area contributed by atoms with Gasteiger partial charge in [-0.15, -0.1) is 5.10 Å². The molecule has 202 valence electrons. The molecular weight excluding hydrogens is 498 g/mol. The Morgan fingerprint density at radius 1 is 1.05 bits per heavy atom. The molecule has 0 fully saturated rings. The van der Waals surface area contributed by atoms with Crippen molar-refractivity contribution in [2.75, 3.05) is 29.6 Å². The molecule has 2 aromatic carbocycles. The predicted octanol–water partition coefficient (Wildman–Crippen LogP) is 6.68. The van der Waals surface area contributed by atoms with Crippen molar-refractivity contribution < 1.29 is 14.3 Å². The summed E-state index contributed by atoms with van der Waals surface area (Å²) < 4.78 is 13.5. The van der Waals surface area contributed by atoms with Gasteiger partial charge in [0.1, 0.15) is 17.5 Å². The highest BCUT2D eigenvalue weighted by Gasteiger charge is 2.34. The number of para-hydroxylation sites is 2. The van der Waals surface area contributed by atoms with Crippen molar-refractivity contribution in [2.24, 2.45) is 0 Å². The van der Waals surface area contributed by atoms with Crippen molar-refractivity contribution in [2.45, 2.75) is 64.6 Å². The van der Waals surface area contributed by atoms with Gasteiger partial charge >= 0.3 is 0 Å². The minimum atomic E-state index is -0.456. The monoisotopic (exact) mass is 535 g/mol. The number of carbonyl (C=O) groups is 1. The number of thioether (sulfide) groups is 1. The van der Waals surface area contributed by atoms with Crippen LogP contribution in [0.2, 0.25) is 0 Å². The van der Waals surface area contributed by atoms with E-state index in [1.165, 1.54) is 19.3 Å². The average molecular weight is 536 g/mol. The molecule has 2 N–H and O–H groups in total. The molecular formula is C29H37N5O3S. The van der Waals surface area contributed by atoms with Crippen LogP contribution in [0.3, 0.4) is 0 Å². The molecule has 1 aromatic heterocycles. The van der Waals surface area contributed by atoms with Crippen LogP contribution in [0.15, 0.2) is 65.0 Å². The summed E-state index contributed by atoms with van der Waals surface area (Å²) in [6, 6.07) is 14.9. The van der Waals surface area contributed by atoms with Gasteiger partial charge in [-0.25, -0.2) is 4.68 Å². The quantitative estimate of drug-likeness (QED) is 0.186. The zero-order valence-corrected chi connectivity index (χ0v) is 23.4. The maximum atomic E-state index is 13.8. The average Bonchev–Trinajstić information content (AvgIpc) is 3.31. The van der Waals surface area contributed by atoms with E-state index in [0.717, 1.165) is 29.2 Å². The number of nitrogens with one attached hydrogen (secondary N) is 2. The largest absolute Gasteiger partial charge is 0.494 e. The summed E-state index contributed by atoms with van der Waals surface area (Å²) in [6.45, 7) is 9.29. The molecule has 38 heavy (non-hydrogen) atoms. The molecule has 0 saturated carbocycles. The molecule has 0 bridgehead atoms. The van der Waals surface area contributed by atoms with Gasteiger partial charge in [0.25, 0.3) is 5.91 Å². The number of anilines is 2. The third-order valence-electron chi connectivity index (χ3n) is 6.25. The minimum absolute atomic E-state index is 0.228. The summed E-state index contributed by atoms with van der Waals surface area (Å²) in [5, 5.41) is 11.8. The predicted molar refractivity (Wildman–Crippen MR) is 153 cm³/mol. The van der Waals surface area contributed by atoms with Crippen LogP contribution < -0.4 is 20.1 Å². The number of unbranched alkanes of at least 4 members (excludes halogenated alkanes) is 3. The van der Waals surface area contributed by atoms with E-state index in [1.54, 1.807) is 16.4 Å². The molecule has 1 amide bonds. The number of benzene rings is 2. The van der Waals surface area contributed by atoms with Gasteiger partial charge in [0.05, 0.1) is 24.5 Å². The minimum Gasteiger partial charge on any atom is -0.494 e. The first kappa shape index (κ1) is 27.6. The molecule has 0 saturated heterocycles. The first-order valence-electron chi connectivity index (χ1n) is 13.4. The first-order valence-corrected chi connectivity index (χ1v) is 14.4. The van der Waals surface area contributed by atoms with Crippen LogP contribution in [0.25, 0.3) is 0 Å². The van der Waals surface area contributed by atoms with Gasteiger partial charge in [-0.2, -0.15) is 4.98 Å². The Morgan fingerprint density at radius 3 is 2.58 bits per heavy atom. The fourth-order valence-corrected chi connectivity index (χ4v) is 4.98. The van der Waals surface area contributed by atoms with Gasteiger partial charge < -0.3 is 20.1 Å². The van der Waals surface area contributed by atoms with Gasteiger partial charge in [-0.3, -0.25) is 4.79 Å². The third-order valence-corrected chi connectivity index (χ3v) is 6.97. The SMILES string of the molecule is CCCCCCOc1ccc(C2C(C(=O)Nc3ccccc3OCC)=C(C)Nc3nc(SCC)nn32)cc1. The fourth-order valence-electron chi connectivity index (χ4n) is 4.43. The lowest BCUT2D eigenvalue weighted by molar-refractivity contribution is -0.113. The number of aromatic nitrogens is 3. The fraction of sp³-hybridized carbons (Fsp3) is 0.414. The van der Waals surface area contributed by atoms with E-state index in [1.807, 2.05) is 62.4 Å². The highest BCUT2D eigenvalue weighted by Crippen LogP contribution is 2.37. The van der Waals surface area contributed by atoms with Crippen molar-refractivity contribution in [1.82, 2.24) is 14.8 Å². The number of fused-ring (bicyclic) bond motifs is 1. The number of carbonyl (C=O) groups excluding carboxylic acids is 1. The van der Waals surface area contributed by atoms with E-state index in [-0.39, 0.29) is 5.91 Å². The Balaban J connectivity index is 1.63. The summed E-state index contributed by atoms with van der Waals surface area (Å²) in [7, 11) is 0. The molecule has 1 atom stereocenters. The number of hydrogen-bond donors (Lipinski definition) is 2. The molecule has 8 nitrogen and oxygen atoms in total. The number of nitrogens with zero attached hydrogens (tertiary/aromatic N) is 3. The molecule has 2 heterocycles. The number of allylic oxidation sites excluding steroid dienone is 1. The van der Waals surface area contributed by atoms with Crippen LogP contribution in [0.1, 0.15) is 65.0 Å². The molecule has 0 aliphatic carbocycles. The third kappa shape index (κ3) is 6.51. The molecule has 9 heteroatoms. The maximum Gasteiger partial charge on any atom is 0.255 e. The van der Waals surface area contributed by atoms with Crippen LogP contribution >= 0.6 is 11.8 Å². The zero-order valence-electron chi connectivity index (χ0n) is 22.6. The first-order chi connectivity index (χ1) is 18.5. The second kappa shape index (κ2) is 13.4. The van der Waals surface area contributed by atoms with Crippen molar-refractivity contribution in [1.29, 1.82) is 0 Å². The molecule has 4 rings (SSSR count). The Kier molecular flexibility index (Phi) is 9.70. The zero-order chi connectivity index (χ0) is 26.9. The van der Waals surface area contributed by atoms with Crippen LogP contribution in [-0.2, 0) is 4.79 Å². The summed E-state index contributed by atoms with van der Waals surface area (Å²) >= 11 is 1.57. The van der Waals surface area contributed by atoms with Crippen molar-refractivity contribution in [3.63, 3.8) is 0 Å². The van der Waals surface area contributed by atoms with Crippen LogP contribution in [-0.4, -0.2) is 39.6 Å². The molecule has 1 unspecified atom stereocenters. The maximum absolute atomic E-state index is 13.8. The van der Waals surface area contributed by atoms with E-state index < -0.39 is 6.04 Å². The second-order valence-corrected chi connectivity index (χ2v) is 10.3. The molecule has 0 spiro atoms. The topological polar surface area (TPSA) is 90.3 Å². The van der Waals surface area contributed by atoms with E-state index in [2.05, 4.69) is 29.5 Å². The van der Waals surface area contributed by atoms with E-state index >= 15 is 0 Å². The Morgan fingerprint density at radius 2 is 1.84 bits per heavy atom. The number of ether oxygens (including phenoxy) is 2. The molecule has 3 aromatic rings. The summed E-state index contributed by atoms with van der Waals surface area (Å²) in [5.74, 6) is 2.69. The van der Waals surface area contributed by atoms with Gasteiger partial charge in [-0.1, -0.05) is 69.1 Å². The smallest absolute Gasteiger partial charge is 0.255 e. The van der Waals surface area contributed by atoms with Gasteiger partial charge in [0.2, 0.25) is 11.1 Å². The lowest BCUT2D eigenvalue weighted by Crippen LogP contribution is -2.31. The van der Waals surface area contributed by atoms with Gasteiger partial charge in [-0.05, 0) is 55.9 Å². The van der Waals surface area contributed by atoms with E-state index in [0.29, 0.717) is 41.3 Å². The van der Waals surface area contributed by atoms with Crippen LogP contribution in [0, 0.1) is 0 Å². The van der Waals surface area contributed by atoms with Gasteiger partial charge in [0.15, 0.2) is 0 Å². The molecule has 1 aliphatic heterocycles. The van der Waals surface area contributed by atoms with Crippen molar-refractivity contribution in [3.8, 4) is 11.5 Å². The number of hydrogen-bond acceptors (Lipinski definition) is 7.